The normalized spacial score (nSPS) is 16.4. The molecule has 1 atom stereocenters. The second-order valence-electron chi connectivity index (χ2n) is 8.34. The molecule has 32 heavy (non-hydrogen) atoms. The lowest BCUT2D eigenvalue weighted by Gasteiger charge is -2.24. The van der Waals surface area contributed by atoms with Crippen LogP contribution < -0.4 is 5.32 Å². The molecule has 1 aliphatic rings. The van der Waals surface area contributed by atoms with E-state index in [0.717, 1.165) is 56.8 Å². The van der Waals surface area contributed by atoms with Gasteiger partial charge in [-0.1, -0.05) is 38.1 Å². The van der Waals surface area contributed by atoms with Gasteiger partial charge in [0.2, 0.25) is 5.91 Å². The minimum atomic E-state index is -3.23. The molecule has 1 fully saturated rings. The smallest absolute Gasteiger partial charge is 0.228 e. The molecular weight excluding hydrogens is 424 g/mol. The minimum absolute atomic E-state index is 0.0629. The van der Waals surface area contributed by atoms with Gasteiger partial charge in [0.1, 0.15) is 0 Å². The lowest BCUT2D eigenvalue weighted by molar-refractivity contribution is -0.115. The number of amides is 1. The lowest BCUT2D eigenvalue weighted by Crippen LogP contribution is -2.32. The Morgan fingerprint density at radius 3 is 2.34 bits per heavy atom. The number of anilines is 1. The molecule has 0 radical (unpaired) electrons. The Morgan fingerprint density at radius 2 is 1.75 bits per heavy atom. The van der Waals surface area contributed by atoms with Gasteiger partial charge < -0.3 is 10.1 Å². The number of carbonyl (C=O) groups is 1. The van der Waals surface area contributed by atoms with E-state index in [-0.39, 0.29) is 23.0 Å². The summed E-state index contributed by atoms with van der Waals surface area (Å²) in [6.07, 6.45) is 3.94. The molecule has 0 saturated carbocycles. The highest BCUT2D eigenvalue weighted by Gasteiger charge is 2.19. The highest BCUT2D eigenvalue weighted by Crippen LogP contribution is 2.17. The maximum atomic E-state index is 12.4. The first-order valence-electron chi connectivity index (χ1n) is 11.4. The first-order valence-corrected chi connectivity index (χ1v) is 13.1. The minimum Gasteiger partial charge on any atom is -0.377 e. The van der Waals surface area contributed by atoms with Crippen molar-refractivity contribution in [3.63, 3.8) is 0 Å². The van der Waals surface area contributed by atoms with Crippen molar-refractivity contribution >= 4 is 21.4 Å². The summed E-state index contributed by atoms with van der Waals surface area (Å²) in [6.45, 7) is 7.56. The predicted molar refractivity (Wildman–Crippen MR) is 127 cm³/mol. The number of hydrogen-bond donors (Lipinski definition) is 1. The number of carbonyl (C=O) groups excluding carboxylic acids is 1. The van der Waals surface area contributed by atoms with E-state index < -0.39 is 9.84 Å². The van der Waals surface area contributed by atoms with Crippen molar-refractivity contribution in [1.29, 1.82) is 0 Å². The highest BCUT2D eigenvalue weighted by molar-refractivity contribution is 7.91. The van der Waals surface area contributed by atoms with Gasteiger partial charge in [0, 0.05) is 25.4 Å². The number of ether oxygens (including phenoxy) is 1. The molecule has 7 heteroatoms. The fraction of sp³-hybridized carbons (Fsp3) is 0.480. The molecule has 1 amide bonds. The zero-order valence-electron chi connectivity index (χ0n) is 19.0. The highest BCUT2D eigenvalue weighted by atomic mass is 32.2. The molecule has 2 aromatic carbocycles. The van der Waals surface area contributed by atoms with E-state index in [2.05, 4.69) is 29.3 Å². The van der Waals surface area contributed by atoms with Crippen LogP contribution >= 0.6 is 0 Å². The molecule has 1 saturated heterocycles. The Morgan fingerprint density at radius 1 is 1.06 bits per heavy atom. The van der Waals surface area contributed by atoms with Gasteiger partial charge in [0.05, 0.1) is 23.2 Å². The molecule has 1 unspecified atom stereocenters. The Balaban J connectivity index is 1.52. The summed E-state index contributed by atoms with van der Waals surface area (Å²) in [5.74, 6) is -0.0669. The van der Waals surface area contributed by atoms with E-state index in [1.165, 1.54) is 5.56 Å². The van der Waals surface area contributed by atoms with Gasteiger partial charge in [-0.05, 0) is 61.2 Å². The number of nitrogens with one attached hydrogen (secondary N) is 1. The van der Waals surface area contributed by atoms with Crippen molar-refractivity contribution in [2.45, 2.75) is 57.1 Å². The fourth-order valence-corrected chi connectivity index (χ4v) is 4.84. The predicted octanol–water partition coefficient (Wildman–Crippen LogP) is 4.05. The van der Waals surface area contributed by atoms with E-state index in [9.17, 15) is 13.2 Å². The van der Waals surface area contributed by atoms with Crippen LogP contribution in [0.4, 0.5) is 5.69 Å². The van der Waals surface area contributed by atoms with Gasteiger partial charge in [-0.2, -0.15) is 0 Å². The molecule has 6 nitrogen and oxygen atoms in total. The number of sulfone groups is 1. The average Bonchev–Trinajstić information content (AvgIpc) is 3.29. The summed E-state index contributed by atoms with van der Waals surface area (Å²) < 4.78 is 29.6. The third-order valence-corrected chi connectivity index (χ3v) is 7.45. The third kappa shape index (κ3) is 7.15. The van der Waals surface area contributed by atoms with Crippen molar-refractivity contribution in [1.82, 2.24) is 4.90 Å². The molecule has 3 rings (SSSR count). The topological polar surface area (TPSA) is 75.7 Å². The number of nitrogens with zero attached hydrogens (tertiary/aromatic N) is 1. The van der Waals surface area contributed by atoms with E-state index in [1.54, 1.807) is 31.2 Å². The average molecular weight is 459 g/mol. The summed E-state index contributed by atoms with van der Waals surface area (Å²) in [6, 6.07) is 14.5. The maximum absolute atomic E-state index is 12.4. The standard InChI is InChI=1S/C25H34N2O4S/c1-3-15-27(19-23-6-5-16-31-23)18-21-7-11-22(12-8-21)26-25(28)17-20-9-13-24(14-10-20)32(29,30)4-2/h7-14,23H,3-6,15-19H2,1-2H3,(H,26,28). The van der Waals surface area contributed by atoms with Gasteiger partial charge in [-0.3, -0.25) is 9.69 Å². The van der Waals surface area contributed by atoms with Crippen molar-refractivity contribution in [2.24, 2.45) is 0 Å². The number of hydrogen-bond acceptors (Lipinski definition) is 5. The van der Waals surface area contributed by atoms with Crippen molar-refractivity contribution < 1.29 is 17.9 Å². The van der Waals surface area contributed by atoms with Gasteiger partial charge >= 0.3 is 0 Å². The maximum Gasteiger partial charge on any atom is 0.228 e. The van der Waals surface area contributed by atoms with Crippen LogP contribution in [0.2, 0.25) is 0 Å². The van der Waals surface area contributed by atoms with Crippen LogP contribution in [0.1, 0.15) is 44.2 Å². The molecule has 0 bridgehead atoms. The molecule has 1 heterocycles. The molecule has 0 aliphatic carbocycles. The van der Waals surface area contributed by atoms with Crippen molar-refractivity contribution in [3.8, 4) is 0 Å². The molecule has 0 aromatic heterocycles. The van der Waals surface area contributed by atoms with Gasteiger partial charge in [-0.15, -0.1) is 0 Å². The first-order chi connectivity index (χ1) is 15.4. The van der Waals surface area contributed by atoms with Gasteiger partial charge in [0.25, 0.3) is 0 Å². The summed E-state index contributed by atoms with van der Waals surface area (Å²) in [4.78, 5) is 15.1. The SMILES string of the molecule is CCCN(Cc1ccc(NC(=O)Cc2ccc(S(=O)(=O)CC)cc2)cc1)CC1CCCO1. The third-order valence-electron chi connectivity index (χ3n) is 5.70. The molecule has 2 aromatic rings. The second-order valence-corrected chi connectivity index (χ2v) is 10.6. The Bertz CT molecular complexity index is 966. The van der Waals surface area contributed by atoms with Crippen LogP contribution in [0, 0.1) is 0 Å². The van der Waals surface area contributed by atoms with Gasteiger partial charge in [-0.25, -0.2) is 8.42 Å². The molecule has 1 aliphatic heterocycles. The van der Waals surface area contributed by atoms with Crippen LogP contribution in [0.15, 0.2) is 53.4 Å². The van der Waals surface area contributed by atoms with E-state index in [4.69, 9.17) is 4.74 Å². The number of benzene rings is 2. The summed E-state index contributed by atoms with van der Waals surface area (Å²) >= 11 is 0. The quantitative estimate of drug-likeness (QED) is 0.550. The molecule has 0 spiro atoms. The zero-order valence-corrected chi connectivity index (χ0v) is 19.9. The molecule has 1 N–H and O–H groups in total. The lowest BCUT2D eigenvalue weighted by atomic mass is 10.1. The Kier molecular flexibility index (Phi) is 8.84. The Labute approximate surface area is 191 Å². The summed E-state index contributed by atoms with van der Waals surface area (Å²) in [7, 11) is -3.23. The molecule has 174 valence electrons. The van der Waals surface area contributed by atoms with Crippen LogP contribution in [0.25, 0.3) is 0 Å². The van der Waals surface area contributed by atoms with Crippen LogP contribution in [-0.4, -0.2) is 50.8 Å². The van der Waals surface area contributed by atoms with E-state index >= 15 is 0 Å². The summed E-state index contributed by atoms with van der Waals surface area (Å²) in [5, 5.41) is 2.92. The largest absolute Gasteiger partial charge is 0.377 e. The zero-order chi connectivity index (χ0) is 23.0. The van der Waals surface area contributed by atoms with Crippen molar-refractivity contribution in [3.05, 3.63) is 59.7 Å². The van der Waals surface area contributed by atoms with Crippen molar-refractivity contribution in [2.75, 3.05) is 30.8 Å². The second kappa shape index (κ2) is 11.6. The monoisotopic (exact) mass is 458 g/mol. The summed E-state index contributed by atoms with van der Waals surface area (Å²) in [5.41, 5.74) is 2.74. The number of rotatable bonds is 11. The molecular formula is C25H34N2O4S. The van der Waals surface area contributed by atoms with E-state index in [1.807, 2.05) is 12.1 Å². The van der Waals surface area contributed by atoms with Gasteiger partial charge in [0.15, 0.2) is 9.84 Å². The Hall–Kier alpha value is -2.22. The fourth-order valence-electron chi connectivity index (χ4n) is 3.95. The van der Waals surface area contributed by atoms with Crippen LogP contribution in [-0.2, 0) is 32.3 Å². The van der Waals surface area contributed by atoms with E-state index in [0.29, 0.717) is 6.10 Å². The first kappa shape index (κ1) is 24.4. The van der Waals surface area contributed by atoms with Crippen LogP contribution in [0.5, 0.6) is 0 Å². The van der Waals surface area contributed by atoms with Crippen LogP contribution in [0.3, 0.4) is 0 Å².